The molecule has 1 aliphatic heterocycles. The third kappa shape index (κ3) is 4.88. The molecule has 1 aromatic carbocycles. The number of hydrogen-bond donors (Lipinski definition) is 2. The van der Waals surface area contributed by atoms with E-state index in [0.717, 1.165) is 11.3 Å². The fourth-order valence-electron chi connectivity index (χ4n) is 2.37. The van der Waals surface area contributed by atoms with Crippen molar-refractivity contribution in [2.75, 3.05) is 18.9 Å². The van der Waals surface area contributed by atoms with E-state index in [-0.39, 0.29) is 24.3 Å². The van der Waals surface area contributed by atoms with Crippen LogP contribution in [0.1, 0.15) is 26.7 Å². The first-order valence-electron chi connectivity index (χ1n) is 8.04. The number of anilines is 1. The van der Waals surface area contributed by atoms with E-state index < -0.39 is 5.25 Å². The highest BCUT2D eigenvalue weighted by atomic mass is 35.5. The number of nitrogens with zero attached hydrogens (tertiary/aromatic N) is 1. The predicted molar refractivity (Wildman–Crippen MR) is 99.4 cm³/mol. The van der Waals surface area contributed by atoms with Crippen molar-refractivity contribution in [2.24, 2.45) is 11.7 Å². The number of hydrogen-bond acceptors (Lipinski definition) is 4. The summed E-state index contributed by atoms with van der Waals surface area (Å²) < 4.78 is 0. The first kappa shape index (κ1) is 19.1. The van der Waals surface area contributed by atoms with E-state index >= 15 is 0 Å². The Labute approximate surface area is 152 Å². The highest BCUT2D eigenvalue weighted by molar-refractivity contribution is 8.01. The molecule has 0 radical (unpaired) electrons. The Bertz CT molecular complexity index is 624. The number of nitrogens with two attached hydrogens (primary N) is 1. The van der Waals surface area contributed by atoms with Gasteiger partial charge in [0.25, 0.3) is 0 Å². The zero-order valence-electron chi connectivity index (χ0n) is 14.2. The Kier molecular flexibility index (Phi) is 6.54. The summed E-state index contributed by atoms with van der Waals surface area (Å²) in [5, 5.41) is 2.98. The smallest absolute Gasteiger partial charge is 0.238 e. The quantitative estimate of drug-likeness (QED) is 0.808. The van der Waals surface area contributed by atoms with Gasteiger partial charge < -0.3 is 16.0 Å². The normalized spacial score (nSPS) is 18.1. The standard InChI is InChI=1S/C17H24ClN3O2S/c1-10(2)12(19)6-7-21(3)16(22)9-15-17(23)20-13-8-11(18)4-5-14(13)24-15/h4-5,8,10,12,15H,6-7,9,19H2,1-3H3,(H,20,23). The van der Waals surface area contributed by atoms with Crippen LogP contribution in [0.2, 0.25) is 5.02 Å². The minimum Gasteiger partial charge on any atom is -0.346 e. The minimum atomic E-state index is -0.424. The van der Waals surface area contributed by atoms with Crippen LogP contribution in [0.3, 0.4) is 0 Å². The molecular weight excluding hydrogens is 346 g/mol. The second-order valence-electron chi connectivity index (χ2n) is 6.45. The molecule has 0 fully saturated rings. The molecule has 1 aromatic rings. The van der Waals surface area contributed by atoms with Gasteiger partial charge in [0.1, 0.15) is 0 Å². The van der Waals surface area contributed by atoms with E-state index in [1.807, 2.05) is 6.07 Å². The molecule has 5 nitrogen and oxygen atoms in total. The Morgan fingerprint density at radius 2 is 2.17 bits per heavy atom. The molecule has 0 spiro atoms. The van der Waals surface area contributed by atoms with Crippen molar-refractivity contribution in [1.29, 1.82) is 0 Å². The van der Waals surface area contributed by atoms with Crippen LogP contribution in [-0.4, -0.2) is 41.6 Å². The second-order valence-corrected chi connectivity index (χ2v) is 8.13. The maximum Gasteiger partial charge on any atom is 0.238 e. The molecule has 0 aliphatic carbocycles. The van der Waals surface area contributed by atoms with Crippen LogP contribution in [-0.2, 0) is 9.59 Å². The van der Waals surface area contributed by atoms with Gasteiger partial charge in [-0.2, -0.15) is 0 Å². The lowest BCUT2D eigenvalue weighted by atomic mass is 10.0. The number of thioether (sulfide) groups is 1. The maximum absolute atomic E-state index is 12.4. The Morgan fingerprint density at radius 3 is 2.83 bits per heavy atom. The van der Waals surface area contributed by atoms with Crippen molar-refractivity contribution < 1.29 is 9.59 Å². The van der Waals surface area contributed by atoms with Crippen molar-refractivity contribution in [1.82, 2.24) is 4.90 Å². The van der Waals surface area contributed by atoms with Gasteiger partial charge in [-0.1, -0.05) is 25.4 Å². The fraction of sp³-hybridized carbons (Fsp3) is 0.529. The van der Waals surface area contributed by atoms with E-state index in [9.17, 15) is 9.59 Å². The van der Waals surface area contributed by atoms with Crippen LogP contribution >= 0.6 is 23.4 Å². The number of amides is 2. The maximum atomic E-state index is 12.4. The Hall–Kier alpha value is -1.24. The van der Waals surface area contributed by atoms with Gasteiger partial charge >= 0.3 is 0 Å². The summed E-state index contributed by atoms with van der Waals surface area (Å²) in [6.07, 6.45) is 0.928. The van der Waals surface area contributed by atoms with Crippen LogP contribution in [0.25, 0.3) is 0 Å². The lowest BCUT2D eigenvalue weighted by Gasteiger charge is -2.26. The molecule has 1 heterocycles. The average Bonchev–Trinajstić information content (AvgIpc) is 2.52. The first-order chi connectivity index (χ1) is 11.3. The van der Waals surface area contributed by atoms with Crippen molar-refractivity contribution in [3.8, 4) is 0 Å². The van der Waals surface area contributed by atoms with Crippen LogP contribution in [0, 0.1) is 5.92 Å². The van der Waals surface area contributed by atoms with E-state index in [0.29, 0.717) is 23.2 Å². The average molecular weight is 370 g/mol. The van der Waals surface area contributed by atoms with Crippen molar-refractivity contribution in [3.63, 3.8) is 0 Å². The molecule has 2 amide bonds. The molecule has 0 bridgehead atoms. The van der Waals surface area contributed by atoms with E-state index in [1.54, 1.807) is 24.1 Å². The topological polar surface area (TPSA) is 75.4 Å². The van der Waals surface area contributed by atoms with E-state index in [1.165, 1.54) is 11.8 Å². The van der Waals surface area contributed by atoms with Gasteiger partial charge in [0, 0.05) is 36.0 Å². The third-order valence-corrected chi connectivity index (χ3v) is 5.71. The van der Waals surface area contributed by atoms with Gasteiger partial charge in [0.05, 0.1) is 10.9 Å². The number of rotatable bonds is 6. The highest BCUT2D eigenvalue weighted by Gasteiger charge is 2.30. The molecule has 0 aromatic heterocycles. The van der Waals surface area contributed by atoms with Gasteiger partial charge in [-0.25, -0.2) is 0 Å². The fourth-order valence-corrected chi connectivity index (χ4v) is 3.63. The monoisotopic (exact) mass is 369 g/mol. The molecule has 2 atom stereocenters. The van der Waals surface area contributed by atoms with Gasteiger partial charge in [0.2, 0.25) is 11.8 Å². The zero-order valence-corrected chi connectivity index (χ0v) is 15.8. The molecular formula is C17H24ClN3O2S. The first-order valence-corrected chi connectivity index (χ1v) is 9.30. The second kappa shape index (κ2) is 8.23. The molecule has 0 saturated heterocycles. The van der Waals surface area contributed by atoms with Crippen LogP contribution < -0.4 is 11.1 Å². The van der Waals surface area contributed by atoms with Gasteiger partial charge in [-0.05, 0) is 30.5 Å². The van der Waals surface area contributed by atoms with Crippen molar-refractivity contribution in [2.45, 2.75) is 42.9 Å². The number of nitrogens with one attached hydrogen (secondary N) is 1. The zero-order chi connectivity index (χ0) is 17.9. The predicted octanol–water partition coefficient (Wildman–Crippen LogP) is 2.97. The van der Waals surface area contributed by atoms with Crippen LogP contribution in [0.4, 0.5) is 5.69 Å². The summed E-state index contributed by atoms with van der Waals surface area (Å²) >= 11 is 7.34. The summed E-state index contributed by atoms with van der Waals surface area (Å²) in [4.78, 5) is 27.2. The summed E-state index contributed by atoms with van der Waals surface area (Å²) in [5.41, 5.74) is 6.73. The summed E-state index contributed by atoms with van der Waals surface area (Å²) in [6, 6.07) is 5.44. The summed E-state index contributed by atoms with van der Waals surface area (Å²) in [5.74, 6) is 0.183. The van der Waals surface area contributed by atoms with Crippen LogP contribution in [0.15, 0.2) is 23.1 Å². The third-order valence-electron chi connectivity index (χ3n) is 4.20. The Balaban J connectivity index is 1.92. The molecule has 2 unspecified atom stereocenters. The molecule has 24 heavy (non-hydrogen) atoms. The van der Waals surface area contributed by atoms with Crippen molar-refractivity contribution >= 4 is 40.9 Å². The molecule has 7 heteroatoms. The highest BCUT2D eigenvalue weighted by Crippen LogP contribution is 2.38. The molecule has 132 valence electrons. The van der Waals surface area contributed by atoms with E-state index in [2.05, 4.69) is 19.2 Å². The lowest BCUT2D eigenvalue weighted by Crippen LogP contribution is -2.38. The lowest BCUT2D eigenvalue weighted by molar-refractivity contribution is -0.131. The van der Waals surface area contributed by atoms with Gasteiger partial charge in [-0.15, -0.1) is 11.8 Å². The molecule has 0 saturated carbocycles. The molecule has 1 aliphatic rings. The minimum absolute atomic E-state index is 0.0454. The van der Waals surface area contributed by atoms with E-state index in [4.69, 9.17) is 17.3 Å². The van der Waals surface area contributed by atoms with Gasteiger partial charge in [0.15, 0.2) is 0 Å². The number of benzene rings is 1. The number of halogens is 1. The number of carbonyl (C=O) groups is 2. The number of fused-ring (bicyclic) bond motifs is 1. The molecule has 2 rings (SSSR count). The molecule has 3 N–H and O–H groups in total. The SMILES string of the molecule is CC(C)C(N)CCN(C)C(=O)CC1Sc2ccc(Cl)cc2NC1=O. The Morgan fingerprint density at radius 1 is 1.46 bits per heavy atom. The largest absolute Gasteiger partial charge is 0.346 e. The van der Waals surface area contributed by atoms with Crippen LogP contribution in [0.5, 0.6) is 0 Å². The summed E-state index contributed by atoms with van der Waals surface area (Å²) in [7, 11) is 1.76. The van der Waals surface area contributed by atoms with Crippen molar-refractivity contribution in [3.05, 3.63) is 23.2 Å². The number of carbonyl (C=O) groups excluding carboxylic acids is 2. The van der Waals surface area contributed by atoms with Gasteiger partial charge in [-0.3, -0.25) is 9.59 Å². The summed E-state index contributed by atoms with van der Waals surface area (Å²) in [6.45, 7) is 4.74.